The van der Waals surface area contributed by atoms with Gasteiger partial charge in [-0.1, -0.05) is 11.6 Å². The summed E-state index contributed by atoms with van der Waals surface area (Å²) >= 11 is 5.81. The molecule has 0 atom stereocenters. The van der Waals surface area contributed by atoms with E-state index >= 15 is 0 Å². The van der Waals surface area contributed by atoms with Gasteiger partial charge in [0.25, 0.3) is 5.91 Å². The number of benzene rings is 2. The number of halogens is 4. The minimum absolute atomic E-state index is 0.107. The number of amides is 1. The zero-order chi connectivity index (χ0) is 15.6. The summed E-state index contributed by atoms with van der Waals surface area (Å²) in [5, 5.41) is 2.80. The lowest BCUT2D eigenvalue weighted by Gasteiger charge is -2.09. The van der Waals surface area contributed by atoms with Crippen molar-refractivity contribution in [3.8, 4) is 0 Å². The fourth-order valence-electron chi connectivity index (χ4n) is 1.62. The molecule has 2 aromatic rings. The normalized spacial score (nSPS) is 11.2. The number of hydrogen-bond donors (Lipinski definition) is 2. The number of alkyl halides is 3. The molecule has 0 aliphatic carbocycles. The predicted molar refractivity (Wildman–Crippen MR) is 75.3 cm³/mol. The van der Waals surface area contributed by atoms with Crippen molar-refractivity contribution in [2.75, 3.05) is 11.1 Å². The summed E-state index contributed by atoms with van der Waals surface area (Å²) in [4.78, 5) is 11.9. The summed E-state index contributed by atoms with van der Waals surface area (Å²) in [6, 6.07) is 8.44. The first-order chi connectivity index (χ1) is 9.77. The van der Waals surface area contributed by atoms with Crippen molar-refractivity contribution in [2.24, 2.45) is 0 Å². The van der Waals surface area contributed by atoms with Gasteiger partial charge in [-0.3, -0.25) is 4.79 Å². The van der Waals surface area contributed by atoms with E-state index in [2.05, 4.69) is 5.32 Å². The fraction of sp³-hybridized carbons (Fsp3) is 0.0714. The molecule has 0 saturated carbocycles. The summed E-state index contributed by atoms with van der Waals surface area (Å²) < 4.78 is 37.3. The third-order valence-electron chi connectivity index (χ3n) is 2.73. The summed E-state index contributed by atoms with van der Waals surface area (Å²) in [5.41, 5.74) is 5.60. The van der Waals surface area contributed by atoms with Crippen LogP contribution in [-0.4, -0.2) is 5.91 Å². The highest BCUT2D eigenvalue weighted by Gasteiger charge is 2.30. The van der Waals surface area contributed by atoms with Crippen LogP contribution >= 0.6 is 11.6 Å². The van der Waals surface area contributed by atoms with Gasteiger partial charge in [0.15, 0.2) is 0 Å². The summed E-state index contributed by atoms with van der Waals surface area (Å²) in [6.07, 6.45) is -4.43. The van der Waals surface area contributed by atoms with E-state index in [0.717, 1.165) is 24.3 Å². The van der Waals surface area contributed by atoms with Crippen LogP contribution in [0.2, 0.25) is 5.02 Å². The maximum absolute atomic E-state index is 12.4. The smallest absolute Gasteiger partial charge is 0.398 e. The van der Waals surface area contributed by atoms with Gasteiger partial charge in [0, 0.05) is 11.3 Å². The van der Waals surface area contributed by atoms with Crippen LogP contribution in [0, 0.1) is 0 Å². The summed E-state index contributed by atoms with van der Waals surface area (Å²) in [6.45, 7) is 0. The number of anilines is 2. The molecule has 0 unspecified atom stereocenters. The number of rotatable bonds is 2. The SMILES string of the molecule is Nc1ccc(NC(=O)c2ccc(C(F)(F)F)cc2)cc1Cl. The lowest BCUT2D eigenvalue weighted by molar-refractivity contribution is -0.137. The van der Waals surface area contributed by atoms with Gasteiger partial charge in [0.1, 0.15) is 0 Å². The average Bonchev–Trinajstić information content (AvgIpc) is 2.42. The molecule has 0 aromatic heterocycles. The number of carbonyl (C=O) groups is 1. The maximum atomic E-state index is 12.4. The molecule has 1 amide bonds. The molecule has 2 rings (SSSR count). The van der Waals surface area contributed by atoms with Crippen molar-refractivity contribution in [3.63, 3.8) is 0 Å². The molecule has 7 heteroatoms. The Bertz CT molecular complexity index is 669. The molecule has 0 saturated heterocycles. The highest BCUT2D eigenvalue weighted by Crippen LogP contribution is 2.29. The zero-order valence-corrected chi connectivity index (χ0v) is 11.3. The van der Waals surface area contributed by atoms with Crippen LogP contribution in [0.4, 0.5) is 24.5 Å². The number of hydrogen-bond acceptors (Lipinski definition) is 2. The van der Waals surface area contributed by atoms with Crippen molar-refractivity contribution in [3.05, 3.63) is 58.6 Å². The molecule has 21 heavy (non-hydrogen) atoms. The van der Waals surface area contributed by atoms with Gasteiger partial charge in [0.2, 0.25) is 0 Å². The first kappa shape index (κ1) is 15.2. The number of nitrogen functional groups attached to an aromatic ring is 1. The Morgan fingerprint density at radius 1 is 1.10 bits per heavy atom. The highest BCUT2D eigenvalue weighted by molar-refractivity contribution is 6.33. The molecular formula is C14H10ClF3N2O. The Morgan fingerprint density at radius 2 is 1.71 bits per heavy atom. The van der Waals surface area contributed by atoms with Gasteiger partial charge in [-0.05, 0) is 42.5 Å². The van der Waals surface area contributed by atoms with Crippen LogP contribution < -0.4 is 11.1 Å². The first-order valence-electron chi connectivity index (χ1n) is 5.81. The van der Waals surface area contributed by atoms with Gasteiger partial charge < -0.3 is 11.1 Å². The monoisotopic (exact) mass is 314 g/mol. The molecule has 0 heterocycles. The summed E-state index contributed by atoms with van der Waals surface area (Å²) in [7, 11) is 0. The van der Waals surface area contributed by atoms with Crippen LogP contribution in [0.1, 0.15) is 15.9 Å². The molecule has 2 aromatic carbocycles. The van der Waals surface area contributed by atoms with E-state index in [0.29, 0.717) is 11.4 Å². The average molecular weight is 315 g/mol. The molecule has 3 nitrogen and oxygen atoms in total. The minimum atomic E-state index is -4.43. The van der Waals surface area contributed by atoms with E-state index in [4.69, 9.17) is 17.3 Å². The van der Waals surface area contributed by atoms with Crippen LogP contribution in [0.3, 0.4) is 0 Å². The van der Waals surface area contributed by atoms with Crippen LogP contribution in [0.25, 0.3) is 0 Å². The second-order valence-corrected chi connectivity index (χ2v) is 4.67. The molecule has 0 radical (unpaired) electrons. The molecule has 3 N–H and O–H groups in total. The standard InChI is InChI=1S/C14H10ClF3N2O/c15-11-7-10(5-6-12(11)19)20-13(21)8-1-3-9(4-2-8)14(16,17)18/h1-7H,19H2,(H,20,21). The first-order valence-corrected chi connectivity index (χ1v) is 6.19. The quantitative estimate of drug-likeness (QED) is 0.816. The van der Waals surface area contributed by atoms with Crippen LogP contribution in [0.5, 0.6) is 0 Å². The highest BCUT2D eigenvalue weighted by atomic mass is 35.5. The fourth-order valence-corrected chi connectivity index (χ4v) is 1.80. The Kier molecular flexibility index (Phi) is 4.09. The Labute approximate surface area is 123 Å². The van der Waals surface area contributed by atoms with Gasteiger partial charge in [-0.15, -0.1) is 0 Å². The molecule has 0 spiro atoms. The lowest BCUT2D eigenvalue weighted by atomic mass is 10.1. The number of nitrogens with two attached hydrogens (primary N) is 1. The van der Waals surface area contributed by atoms with E-state index in [1.54, 1.807) is 6.07 Å². The third-order valence-corrected chi connectivity index (χ3v) is 3.06. The second kappa shape index (κ2) is 5.65. The number of carbonyl (C=O) groups excluding carboxylic acids is 1. The van der Waals surface area contributed by atoms with Crippen LogP contribution in [-0.2, 0) is 6.18 Å². The molecule has 0 aliphatic heterocycles. The van der Waals surface area contributed by atoms with E-state index < -0.39 is 17.6 Å². The van der Waals surface area contributed by atoms with Crippen molar-refractivity contribution >= 4 is 28.9 Å². The van der Waals surface area contributed by atoms with Crippen LogP contribution in [0.15, 0.2) is 42.5 Å². The molecule has 0 aliphatic rings. The second-order valence-electron chi connectivity index (χ2n) is 4.27. The van der Waals surface area contributed by atoms with Gasteiger partial charge in [0.05, 0.1) is 16.3 Å². The Morgan fingerprint density at radius 3 is 2.24 bits per heavy atom. The molecular weight excluding hydrogens is 305 g/mol. The number of nitrogens with one attached hydrogen (secondary N) is 1. The third kappa shape index (κ3) is 3.66. The Balaban J connectivity index is 2.15. The topological polar surface area (TPSA) is 55.1 Å². The predicted octanol–water partition coefficient (Wildman–Crippen LogP) is 4.19. The lowest BCUT2D eigenvalue weighted by Crippen LogP contribution is -2.13. The molecule has 0 fully saturated rings. The van der Waals surface area contributed by atoms with Crippen molar-refractivity contribution < 1.29 is 18.0 Å². The van der Waals surface area contributed by atoms with Gasteiger partial charge >= 0.3 is 6.18 Å². The molecule has 0 bridgehead atoms. The van der Waals surface area contributed by atoms with Crippen molar-refractivity contribution in [1.29, 1.82) is 0 Å². The Hall–Kier alpha value is -2.21. The van der Waals surface area contributed by atoms with Gasteiger partial charge in [-0.2, -0.15) is 13.2 Å². The van der Waals surface area contributed by atoms with Crippen molar-refractivity contribution in [2.45, 2.75) is 6.18 Å². The zero-order valence-electron chi connectivity index (χ0n) is 10.5. The van der Waals surface area contributed by atoms with E-state index in [9.17, 15) is 18.0 Å². The van der Waals surface area contributed by atoms with E-state index in [1.807, 2.05) is 0 Å². The van der Waals surface area contributed by atoms with Crippen molar-refractivity contribution in [1.82, 2.24) is 0 Å². The molecule has 110 valence electrons. The largest absolute Gasteiger partial charge is 0.416 e. The van der Waals surface area contributed by atoms with E-state index in [-0.39, 0.29) is 10.6 Å². The maximum Gasteiger partial charge on any atom is 0.416 e. The van der Waals surface area contributed by atoms with E-state index in [1.165, 1.54) is 12.1 Å². The van der Waals surface area contributed by atoms with Gasteiger partial charge in [-0.25, -0.2) is 0 Å². The summed E-state index contributed by atoms with van der Waals surface area (Å²) in [5.74, 6) is -0.537. The minimum Gasteiger partial charge on any atom is -0.398 e.